The van der Waals surface area contributed by atoms with Crippen LogP contribution in [0.3, 0.4) is 0 Å². The zero-order valence-corrected chi connectivity index (χ0v) is 28.3. The highest BCUT2D eigenvalue weighted by molar-refractivity contribution is 5.76. The van der Waals surface area contributed by atoms with Crippen LogP contribution in [0, 0.1) is 0 Å². The van der Waals surface area contributed by atoms with Crippen molar-refractivity contribution in [3.63, 3.8) is 0 Å². The lowest BCUT2D eigenvalue weighted by Crippen LogP contribution is -2.45. The van der Waals surface area contributed by atoms with E-state index in [1.807, 2.05) is 6.08 Å². The summed E-state index contributed by atoms with van der Waals surface area (Å²) in [6.07, 6.45) is 39.8. The number of amides is 1. The van der Waals surface area contributed by atoms with Crippen molar-refractivity contribution in [3.05, 3.63) is 36.5 Å². The van der Waals surface area contributed by atoms with Crippen LogP contribution in [0.25, 0.3) is 0 Å². The van der Waals surface area contributed by atoms with E-state index >= 15 is 0 Å². The molecule has 43 heavy (non-hydrogen) atoms. The number of unbranched alkanes of at least 4 members (excludes halogenated alkanes) is 19. The number of aliphatic hydroxyl groups is 3. The summed E-state index contributed by atoms with van der Waals surface area (Å²) in [5.41, 5.74) is 0. The van der Waals surface area contributed by atoms with Crippen molar-refractivity contribution in [3.8, 4) is 0 Å². The number of nitrogens with one attached hydrogen (secondary N) is 1. The van der Waals surface area contributed by atoms with Gasteiger partial charge in [-0.3, -0.25) is 4.79 Å². The van der Waals surface area contributed by atoms with E-state index in [9.17, 15) is 20.1 Å². The van der Waals surface area contributed by atoms with Gasteiger partial charge in [0, 0.05) is 0 Å². The van der Waals surface area contributed by atoms with Gasteiger partial charge in [-0.2, -0.15) is 0 Å². The normalized spacial score (nSPS) is 14.3. The molecule has 3 atom stereocenters. The number of hydrogen-bond donors (Lipinski definition) is 4. The number of carbonyl (C=O) groups excluding carboxylic acids is 1. The molecule has 0 aromatic heterocycles. The Morgan fingerprint density at radius 3 is 1.49 bits per heavy atom. The molecule has 0 heterocycles. The Kier molecular flexibility index (Phi) is 32.3. The lowest BCUT2D eigenvalue weighted by Gasteiger charge is -2.20. The Morgan fingerprint density at radius 1 is 0.581 bits per heavy atom. The minimum atomic E-state index is -0.950. The maximum atomic E-state index is 12.3. The minimum absolute atomic E-state index is 0.000173. The van der Waals surface area contributed by atoms with Crippen LogP contribution >= 0.6 is 0 Å². The first kappa shape index (κ1) is 41.6. The van der Waals surface area contributed by atoms with Gasteiger partial charge in [0.15, 0.2) is 0 Å². The number of hydrogen-bond acceptors (Lipinski definition) is 4. The minimum Gasteiger partial charge on any atom is -0.394 e. The highest BCUT2D eigenvalue weighted by Gasteiger charge is 2.20. The van der Waals surface area contributed by atoms with Gasteiger partial charge in [0.2, 0.25) is 5.91 Å². The summed E-state index contributed by atoms with van der Waals surface area (Å²) < 4.78 is 0. The topological polar surface area (TPSA) is 89.8 Å². The molecule has 0 rings (SSSR count). The van der Waals surface area contributed by atoms with Crippen LogP contribution in [0.15, 0.2) is 36.5 Å². The average molecular weight is 606 g/mol. The van der Waals surface area contributed by atoms with Crippen molar-refractivity contribution in [2.45, 2.75) is 193 Å². The van der Waals surface area contributed by atoms with E-state index in [1.54, 1.807) is 6.08 Å². The number of allylic oxidation sites excluding steroid dienone is 5. The van der Waals surface area contributed by atoms with Gasteiger partial charge in [0.05, 0.1) is 31.3 Å². The summed E-state index contributed by atoms with van der Waals surface area (Å²) in [6, 6.07) is -0.760. The molecule has 5 heteroatoms. The maximum Gasteiger partial charge on any atom is 0.222 e. The van der Waals surface area contributed by atoms with Crippen LogP contribution in [0.2, 0.25) is 0 Å². The van der Waals surface area contributed by atoms with Crippen molar-refractivity contribution in [2.24, 2.45) is 0 Å². The summed E-state index contributed by atoms with van der Waals surface area (Å²) in [4.78, 5) is 12.3. The van der Waals surface area contributed by atoms with Crippen LogP contribution in [0.5, 0.6) is 0 Å². The molecule has 0 aromatic rings. The molecule has 0 fully saturated rings. The van der Waals surface area contributed by atoms with Crippen molar-refractivity contribution in [1.82, 2.24) is 5.32 Å². The SMILES string of the molecule is CCCCCCC/C=C/CC/C=C/C(O)C(CO)NC(=O)CC(O)CCCCCCC/C=C\CCCCCCCCCC. The molecule has 4 N–H and O–H groups in total. The van der Waals surface area contributed by atoms with Crippen LogP contribution in [-0.4, -0.2) is 46.1 Å². The summed E-state index contributed by atoms with van der Waals surface area (Å²) in [7, 11) is 0. The smallest absolute Gasteiger partial charge is 0.222 e. The molecule has 0 aliphatic heterocycles. The first-order valence-corrected chi connectivity index (χ1v) is 18.3. The Balaban J connectivity index is 3.77. The van der Waals surface area contributed by atoms with Gasteiger partial charge in [0.1, 0.15) is 0 Å². The summed E-state index contributed by atoms with van der Waals surface area (Å²) in [5.74, 6) is -0.334. The summed E-state index contributed by atoms with van der Waals surface area (Å²) in [6.45, 7) is 4.15. The fourth-order valence-electron chi connectivity index (χ4n) is 5.29. The molecular formula is C38H71NO4. The maximum absolute atomic E-state index is 12.3. The van der Waals surface area contributed by atoms with Crippen LogP contribution in [0.4, 0.5) is 0 Å². The van der Waals surface area contributed by atoms with Gasteiger partial charge >= 0.3 is 0 Å². The van der Waals surface area contributed by atoms with E-state index in [0.717, 1.165) is 44.9 Å². The average Bonchev–Trinajstić information content (AvgIpc) is 3.00. The van der Waals surface area contributed by atoms with Gasteiger partial charge in [-0.05, 0) is 57.8 Å². The quantitative estimate of drug-likeness (QED) is 0.0454. The van der Waals surface area contributed by atoms with E-state index in [4.69, 9.17) is 0 Å². The Hall–Kier alpha value is -1.43. The molecular weight excluding hydrogens is 534 g/mol. The highest BCUT2D eigenvalue weighted by atomic mass is 16.3. The van der Waals surface area contributed by atoms with E-state index < -0.39 is 18.2 Å². The molecule has 3 unspecified atom stereocenters. The molecule has 0 spiro atoms. The second kappa shape index (κ2) is 33.5. The monoisotopic (exact) mass is 606 g/mol. The first-order valence-electron chi connectivity index (χ1n) is 18.3. The van der Waals surface area contributed by atoms with Crippen molar-refractivity contribution < 1.29 is 20.1 Å². The fraction of sp³-hybridized carbons (Fsp3) is 0.816. The van der Waals surface area contributed by atoms with Gasteiger partial charge in [-0.1, -0.05) is 147 Å². The molecule has 0 aliphatic rings. The Bertz CT molecular complexity index is 675. The fourth-order valence-corrected chi connectivity index (χ4v) is 5.29. The van der Waals surface area contributed by atoms with Crippen molar-refractivity contribution in [1.29, 1.82) is 0 Å². The molecule has 252 valence electrons. The molecule has 1 amide bonds. The largest absolute Gasteiger partial charge is 0.394 e. The highest BCUT2D eigenvalue weighted by Crippen LogP contribution is 2.13. The van der Waals surface area contributed by atoms with E-state index in [2.05, 4.69) is 43.5 Å². The third-order valence-electron chi connectivity index (χ3n) is 8.15. The lowest BCUT2D eigenvalue weighted by atomic mass is 10.0. The lowest BCUT2D eigenvalue weighted by molar-refractivity contribution is -0.124. The zero-order valence-electron chi connectivity index (χ0n) is 28.3. The summed E-state index contributed by atoms with van der Waals surface area (Å²) >= 11 is 0. The Labute approximate surface area is 266 Å². The zero-order chi connectivity index (χ0) is 31.6. The second-order valence-electron chi connectivity index (χ2n) is 12.5. The molecule has 0 saturated carbocycles. The predicted molar refractivity (Wildman–Crippen MR) is 185 cm³/mol. The van der Waals surface area contributed by atoms with Gasteiger partial charge in [0.25, 0.3) is 0 Å². The number of rotatable bonds is 32. The van der Waals surface area contributed by atoms with E-state index in [0.29, 0.717) is 6.42 Å². The van der Waals surface area contributed by atoms with Gasteiger partial charge in [-0.25, -0.2) is 0 Å². The van der Waals surface area contributed by atoms with Crippen LogP contribution in [-0.2, 0) is 4.79 Å². The van der Waals surface area contributed by atoms with E-state index in [1.165, 1.54) is 103 Å². The first-order chi connectivity index (χ1) is 21.0. The second-order valence-corrected chi connectivity index (χ2v) is 12.5. The molecule has 0 saturated heterocycles. The van der Waals surface area contributed by atoms with Gasteiger partial charge in [-0.15, -0.1) is 0 Å². The molecule has 0 radical (unpaired) electrons. The Morgan fingerprint density at radius 2 is 1.00 bits per heavy atom. The molecule has 0 aliphatic carbocycles. The predicted octanol–water partition coefficient (Wildman–Crippen LogP) is 9.65. The standard InChI is InChI=1S/C38H71NO4/c1-3-5-7-9-11-13-15-16-17-18-19-20-22-23-25-27-29-31-35(41)33-38(43)39-36(34-40)37(42)32-30-28-26-24-21-14-12-10-8-6-4-2/h18-19,21,24,30,32,35-37,40-42H,3-17,20,22-23,25-29,31,33-34H2,1-2H3,(H,39,43)/b19-18-,24-21+,32-30+. The molecule has 0 bridgehead atoms. The van der Waals surface area contributed by atoms with Gasteiger partial charge < -0.3 is 20.6 Å². The van der Waals surface area contributed by atoms with Crippen molar-refractivity contribution >= 4 is 5.91 Å². The third kappa shape index (κ3) is 30.4. The van der Waals surface area contributed by atoms with Crippen LogP contribution in [0.1, 0.15) is 174 Å². The van der Waals surface area contributed by atoms with E-state index in [-0.39, 0.29) is 18.9 Å². The summed E-state index contributed by atoms with van der Waals surface area (Å²) in [5, 5.41) is 32.9. The molecule has 0 aromatic carbocycles. The van der Waals surface area contributed by atoms with Crippen LogP contribution < -0.4 is 5.32 Å². The molecule has 5 nitrogen and oxygen atoms in total. The number of carbonyl (C=O) groups is 1. The number of aliphatic hydroxyl groups excluding tert-OH is 3. The third-order valence-corrected chi connectivity index (χ3v) is 8.15. The van der Waals surface area contributed by atoms with Crippen molar-refractivity contribution in [2.75, 3.05) is 6.61 Å².